The molecule has 0 aromatic heterocycles. The van der Waals surface area contributed by atoms with Crippen LogP contribution in [0.3, 0.4) is 0 Å². The van der Waals surface area contributed by atoms with Crippen molar-refractivity contribution in [1.29, 1.82) is 0 Å². The molecular weight excluding hydrogens is 234 g/mol. The molecular formula is CHO2Os. The SMILES string of the molecule is O=[C-]O.[Os+]. The van der Waals surface area contributed by atoms with Gasteiger partial charge in [0.15, 0.2) is 0 Å². The van der Waals surface area contributed by atoms with E-state index in [0.29, 0.717) is 6.47 Å². The van der Waals surface area contributed by atoms with Crippen LogP contribution in [0, 0.1) is 0 Å². The van der Waals surface area contributed by atoms with Gasteiger partial charge in [0.2, 0.25) is 0 Å². The van der Waals surface area contributed by atoms with Gasteiger partial charge >= 0.3 is 19.8 Å². The van der Waals surface area contributed by atoms with Crippen LogP contribution in [0.4, 0.5) is 0 Å². The molecule has 3 heteroatoms. The second-order valence-corrected chi connectivity index (χ2v) is 0.0913. The Kier molecular flexibility index (Phi) is 25.1. The Labute approximate surface area is 36.9 Å². The Morgan fingerprint density at radius 1 is 1.75 bits per heavy atom. The standard InChI is InChI=1S/CHO2.Os/c2-1-3;/h(H,2,3);/q-1;+1. The molecule has 0 rings (SSSR count). The van der Waals surface area contributed by atoms with Crippen LogP contribution in [0.25, 0.3) is 0 Å². The Morgan fingerprint density at radius 3 is 1.75 bits per heavy atom. The predicted molar refractivity (Wildman–Crippen MR) is 8.32 cm³/mol. The number of hydrogen-bond acceptors (Lipinski definition) is 1. The quantitative estimate of drug-likeness (QED) is 0.581. The molecule has 0 saturated heterocycles. The molecule has 4 heavy (non-hydrogen) atoms. The van der Waals surface area contributed by atoms with Crippen molar-refractivity contribution in [3.8, 4) is 0 Å². The van der Waals surface area contributed by atoms with E-state index in [0.717, 1.165) is 0 Å². The molecule has 0 fully saturated rings. The molecule has 0 aliphatic rings. The molecule has 0 spiro atoms. The molecule has 0 bridgehead atoms. The Bertz CT molecular complexity index is 13.5. The fourth-order valence-corrected chi connectivity index (χ4v) is 0. The zero-order valence-corrected chi connectivity index (χ0v) is 4.25. The molecule has 0 amide bonds. The molecule has 1 radical (unpaired) electrons. The molecule has 0 atom stereocenters. The third-order valence-electron chi connectivity index (χ3n) is 0. The summed E-state index contributed by atoms with van der Waals surface area (Å²) in [5, 5.41) is 6.76. The van der Waals surface area contributed by atoms with E-state index in [1.807, 2.05) is 0 Å². The van der Waals surface area contributed by atoms with E-state index < -0.39 is 0 Å². The summed E-state index contributed by atoms with van der Waals surface area (Å²) >= 11 is 0. The van der Waals surface area contributed by atoms with Crippen LogP contribution >= 0.6 is 0 Å². The van der Waals surface area contributed by atoms with Crippen LogP contribution in [0.5, 0.6) is 0 Å². The Hall–Kier alpha value is 0.106. The van der Waals surface area contributed by atoms with Crippen molar-refractivity contribution in [2.24, 2.45) is 0 Å². The van der Waals surface area contributed by atoms with Gasteiger partial charge in [-0.3, -0.25) is 0 Å². The van der Waals surface area contributed by atoms with Gasteiger partial charge in [-0.25, -0.2) is 0 Å². The minimum Gasteiger partial charge on any atom is -0.665 e. The first-order valence-electron chi connectivity index (χ1n) is 0.428. The number of rotatable bonds is 0. The van der Waals surface area contributed by atoms with E-state index in [2.05, 4.69) is 0 Å². The van der Waals surface area contributed by atoms with Gasteiger partial charge in [0.25, 0.3) is 0 Å². The monoisotopic (exact) mass is 237 g/mol. The van der Waals surface area contributed by atoms with E-state index in [4.69, 9.17) is 9.90 Å². The maximum atomic E-state index is 8.24. The van der Waals surface area contributed by atoms with E-state index in [1.54, 1.807) is 0 Å². The van der Waals surface area contributed by atoms with Gasteiger partial charge in [-0.1, -0.05) is 6.47 Å². The maximum Gasteiger partial charge on any atom is 1.00 e. The van der Waals surface area contributed by atoms with Gasteiger partial charge in [0.1, 0.15) is 0 Å². The summed E-state index contributed by atoms with van der Waals surface area (Å²) in [6, 6.07) is 0. The van der Waals surface area contributed by atoms with Crippen LogP contribution in [-0.2, 0) is 24.6 Å². The summed E-state index contributed by atoms with van der Waals surface area (Å²) in [7, 11) is 0. The molecule has 0 heterocycles. The summed E-state index contributed by atoms with van der Waals surface area (Å²) in [6.45, 7) is 0.500. The predicted octanol–water partition coefficient (Wildman–Crippen LogP) is -0.391. The third-order valence-corrected chi connectivity index (χ3v) is 0. The van der Waals surface area contributed by atoms with E-state index in [-0.39, 0.29) is 19.8 Å². The Morgan fingerprint density at radius 2 is 1.75 bits per heavy atom. The molecule has 0 aliphatic carbocycles. The van der Waals surface area contributed by atoms with Crippen molar-refractivity contribution in [3.05, 3.63) is 0 Å². The molecule has 2 nitrogen and oxygen atoms in total. The van der Waals surface area contributed by atoms with Gasteiger partial charge < -0.3 is 9.90 Å². The zero-order valence-electron chi connectivity index (χ0n) is 1.71. The third kappa shape index (κ3) is 228. The summed E-state index contributed by atoms with van der Waals surface area (Å²) in [4.78, 5) is 8.24. The fourth-order valence-electron chi connectivity index (χ4n) is 0. The first-order valence-corrected chi connectivity index (χ1v) is 0.428. The van der Waals surface area contributed by atoms with Gasteiger partial charge in [-0.15, -0.1) is 0 Å². The van der Waals surface area contributed by atoms with Crippen molar-refractivity contribution in [1.82, 2.24) is 0 Å². The molecule has 0 aromatic carbocycles. The van der Waals surface area contributed by atoms with Crippen molar-refractivity contribution in [2.45, 2.75) is 0 Å². The van der Waals surface area contributed by atoms with Gasteiger partial charge in [-0.2, -0.15) is 0 Å². The summed E-state index contributed by atoms with van der Waals surface area (Å²) in [6.07, 6.45) is 0. The zero-order chi connectivity index (χ0) is 2.71. The van der Waals surface area contributed by atoms with Crippen molar-refractivity contribution < 1.29 is 29.7 Å². The van der Waals surface area contributed by atoms with Crippen LogP contribution in [0.1, 0.15) is 0 Å². The molecule has 0 aromatic rings. The topological polar surface area (TPSA) is 37.3 Å². The first-order chi connectivity index (χ1) is 1.41. The van der Waals surface area contributed by atoms with Crippen LogP contribution in [-0.4, -0.2) is 11.6 Å². The smallest absolute Gasteiger partial charge is 0.665 e. The summed E-state index contributed by atoms with van der Waals surface area (Å²) in [5.74, 6) is 0. The average Bonchev–Trinajstić information content (AvgIpc) is 0.918. The molecule has 0 unspecified atom stereocenters. The van der Waals surface area contributed by atoms with E-state index in [9.17, 15) is 0 Å². The minimum atomic E-state index is 0. The van der Waals surface area contributed by atoms with E-state index >= 15 is 0 Å². The summed E-state index contributed by atoms with van der Waals surface area (Å²) in [5.41, 5.74) is 0. The number of hydrogen-bond donors (Lipinski definition) is 1. The molecule has 0 aliphatic heterocycles. The normalized spacial score (nSPS) is 3.00. The fraction of sp³-hybridized carbons (Fsp3) is 0. The van der Waals surface area contributed by atoms with Crippen LogP contribution in [0.15, 0.2) is 0 Å². The maximum absolute atomic E-state index is 8.24. The van der Waals surface area contributed by atoms with Crippen LogP contribution in [0.2, 0.25) is 0 Å². The minimum absolute atomic E-state index is 0. The molecule has 1 N–H and O–H groups in total. The van der Waals surface area contributed by atoms with Crippen molar-refractivity contribution in [2.75, 3.05) is 0 Å². The first kappa shape index (κ1) is 8.93. The molecule has 25 valence electrons. The largest absolute Gasteiger partial charge is 1.00 e. The van der Waals surface area contributed by atoms with Gasteiger partial charge in [-0.05, 0) is 0 Å². The van der Waals surface area contributed by atoms with Gasteiger partial charge in [0.05, 0.1) is 0 Å². The second-order valence-electron chi connectivity index (χ2n) is 0.0913. The van der Waals surface area contributed by atoms with Crippen molar-refractivity contribution in [3.63, 3.8) is 0 Å². The van der Waals surface area contributed by atoms with Gasteiger partial charge in [0, 0.05) is 0 Å². The van der Waals surface area contributed by atoms with E-state index in [1.165, 1.54) is 0 Å². The second kappa shape index (κ2) is 11.3. The average molecular weight is 235 g/mol. The number of aliphatic hydroxyl groups excluding tert-OH is 1. The van der Waals surface area contributed by atoms with Crippen LogP contribution < -0.4 is 0 Å². The Balaban J connectivity index is 0. The molecule has 0 saturated carbocycles. The summed E-state index contributed by atoms with van der Waals surface area (Å²) < 4.78 is 0. The van der Waals surface area contributed by atoms with Crippen molar-refractivity contribution >= 4 is 6.47 Å².